The number of carbonyl (C=O) groups is 1. The maximum atomic E-state index is 12.6. The van der Waals surface area contributed by atoms with E-state index in [1.165, 1.54) is 0 Å². The lowest BCUT2D eigenvalue weighted by Gasteiger charge is -2.32. The Morgan fingerprint density at radius 3 is 2.73 bits per heavy atom. The summed E-state index contributed by atoms with van der Waals surface area (Å²) >= 11 is 0. The zero-order valence-corrected chi connectivity index (χ0v) is 15.2. The Morgan fingerprint density at radius 1 is 1.19 bits per heavy atom. The summed E-state index contributed by atoms with van der Waals surface area (Å²) in [6.07, 6.45) is 5.59. The van der Waals surface area contributed by atoms with Gasteiger partial charge >= 0.3 is 0 Å². The average Bonchev–Trinajstić information content (AvgIpc) is 2.98. The van der Waals surface area contributed by atoms with Gasteiger partial charge in [-0.15, -0.1) is 0 Å². The van der Waals surface area contributed by atoms with E-state index in [4.69, 9.17) is 0 Å². The molecule has 0 atom stereocenters. The van der Waals surface area contributed by atoms with Gasteiger partial charge in [-0.3, -0.25) is 19.4 Å². The Balaban J connectivity index is 1.40. The number of hydrogen-bond acceptors (Lipinski definition) is 4. The van der Waals surface area contributed by atoms with E-state index in [9.17, 15) is 4.79 Å². The van der Waals surface area contributed by atoms with E-state index in [2.05, 4.69) is 21.1 Å². The monoisotopic (exact) mass is 349 g/mol. The van der Waals surface area contributed by atoms with Crippen LogP contribution in [0.3, 0.4) is 0 Å². The largest absolute Gasteiger partial charge is 0.341 e. The van der Waals surface area contributed by atoms with Gasteiger partial charge in [-0.2, -0.15) is 5.10 Å². The van der Waals surface area contributed by atoms with Crippen LogP contribution in [0.1, 0.15) is 35.8 Å². The number of likely N-dealkylation sites (tertiary alicyclic amines) is 1. The number of carbonyl (C=O) groups excluding carboxylic acids is 1. The summed E-state index contributed by atoms with van der Waals surface area (Å²) in [4.78, 5) is 23.6. The second-order valence-corrected chi connectivity index (χ2v) is 7.05. The van der Waals surface area contributed by atoms with Crippen LogP contribution in [-0.2, 0) is 11.3 Å². The molecule has 3 aromatic heterocycles. The summed E-state index contributed by atoms with van der Waals surface area (Å²) in [5.74, 6) is 0.530. The minimum Gasteiger partial charge on any atom is -0.341 e. The number of hydrogen-bond donors (Lipinski definition) is 0. The highest BCUT2D eigenvalue weighted by Crippen LogP contribution is 2.28. The van der Waals surface area contributed by atoms with Crippen LogP contribution in [0.2, 0.25) is 0 Å². The van der Waals surface area contributed by atoms with E-state index in [0.29, 0.717) is 12.5 Å². The van der Waals surface area contributed by atoms with Crippen LogP contribution in [0, 0.1) is 13.8 Å². The number of rotatable bonds is 3. The molecule has 6 nitrogen and oxygen atoms in total. The maximum absolute atomic E-state index is 12.6. The van der Waals surface area contributed by atoms with Crippen molar-refractivity contribution < 1.29 is 4.79 Å². The van der Waals surface area contributed by atoms with Crippen LogP contribution < -0.4 is 0 Å². The molecule has 0 saturated carbocycles. The number of aryl methyl sites for hydroxylation is 2. The second-order valence-electron chi connectivity index (χ2n) is 7.05. The fraction of sp³-hybridized carbons (Fsp3) is 0.400. The minimum absolute atomic E-state index is 0.141. The van der Waals surface area contributed by atoms with E-state index in [0.717, 1.165) is 53.9 Å². The van der Waals surface area contributed by atoms with Gasteiger partial charge in [0.1, 0.15) is 6.54 Å². The molecule has 0 unspecified atom stereocenters. The molecule has 1 saturated heterocycles. The lowest BCUT2D eigenvalue weighted by atomic mass is 9.92. The molecule has 0 N–H and O–H groups in total. The standard InChI is InChI=1S/C20H23N5O/c1-14-10-15(2)25(23-14)13-20(26)24-8-5-16(6-9-24)18-11-19-17(12-22-18)4-3-7-21-19/h3-4,7,10-12,16H,5-6,8-9,13H2,1-2H3. The molecule has 6 heteroatoms. The number of pyridine rings is 2. The van der Waals surface area contributed by atoms with Crippen molar-refractivity contribution in [2.24, 2.45) is 0 Å². The lowest BCUT2D eigenvalue weighted by molar-refractivity contribution is -0.133. The minimum atomic E-state index is 0.141. The van der Waals surface area contributed by atoms with Gasteiger partial charge in [0, 0.05) is 48.2 Å². The zero-order chi connectivity index (χ0) is 18.1. The quantitative estimate of drug-likeness (QED) is 0.729. The van der Waals surface area contributed by atoms with E-state index in [-0.39, 0.29) is 5.91 Å². The fourth-order valence-electron chi connectivity index (χ4n) is 3.69. The third kappa shape index (κ3) is 3.31. The highest BCUT2D eigenvalue weighted by Gasteiger charge is 2.25. The smallest absolute Gasteiger partial charge is 0.244 e. The van der Waals surface area contributed by atoms with E-state index < -0.39 is 0 Å². The number of amides is 1. The summed E-state index contributed by atoms with van der Waals surface area (Å²) in [5.41, 5.74) is 4.05. The highest BCUT2D eigenvalue weighted by molar-refractivity contribution is 5.77. The van der Waals surface area contributed by atoms with Crippen molar-refractivity contribution in [3.63, 3.8) is 0 Å². The Morgan fingerprint density at radius 2 is 2.00 bits per heavy atom. The predicted molar refractivity (Wildman–Crippen MR) is 99.8 cm³/mol. The predicted octanol–water partition coefficient (Wildman–Crippen LogP) is 2.85. The molecule has 1 amide bonds. The first kappa shape index (κ1) is 16.7. The summed E-state index contributed by atoms with van der Waals surface area (Å²) in [6, 6.07) is 8.04. The Hall–Kier alpha value is -2.76. The third-order valence-corrected chi connectivity index (χ3v) is 5.16. The molecule has 0 radical (unpaired) electrons. The van der Waals surface area contributed by atoms with Gasteiger partial charge in [-0.1, -0.05) is 0 Å². The van der Waals surface area contributed by atoms with Gasteiger partial charge in [0.2, 0.25) is 5.91 Å². The number of piperidine rings is 1. The highest BCUT2D eigenvalue weighted by atomic mass is 16.2. The fourth-order valence-corrected chi connectivity index (χ4v) is 3.69. The summed E-state index contributed by atoms with van der Waals surface area (Å²) in [5, 5.41) is 5.45. The first-order valence-corrected chi connectivity index (χ1v) is 9.09. The van der Waals surface area contributed by atoms with Crippen molar-refractivity contribution in [1.29, 1.82) is 0 Å². The molecule has 0 bridgehead atoms. The van der Waals surface area contributed by atoms with Crippen LogP contribution in [0.25, 0.3) is 10.9 Å². The van der Waals surface area contributed by atoms with E-state index in [1.54, 1.807) is 4.68 Å². The van der Waals surface area contributed by atoms with Crippen LogP contribution in [-0.4, -0.2) is 43.6 Å². The van der Waals surface area contributed by atoms with Crippen molar-refractivity contribution >= 4 is 16.8 Å². The number of aromatic nitrogens is 4. The molecule has 4 rings (SSSR count). The van der Waals surface area contributed by atoms with Gasteiger partial charge in [0.15, 0.2) is 0 Å². The first-order chi connectivity index (χ1) is 12.6. The topological polar surface area (TPSA) is 63.9 Å². The van der Waals surface area contributed by atoms with E-state index in [1.807, 2.05) is 49.3 Å². The number of nitrogens with zero attached hydrogens (tertiary/aromatic N) is 5. The molecule has 0 spiro atoms. The zero-order valence-electron chi connectivity index (χ0n) is 15.2. The Labute approximate surface area is 152 Å². The normalized spacial score (nSPS) is 15.5. The molecular formula is C20H23N5O. The number of fused-ring (bicyclic) bond motifs is 1. The van der Waals surface area contributed by atoms with Crippen molar-refractivity contribution in [2.75, 3.05) is 13.1 Å². The molecule has 4 heterocycles. The SMILES string of the molecule is Cc1cc(C)n(CC(=O)N2CCC(c3cc4ncccc4cn3)CC2)n1. The first-order valence-electron chi connectivity index (χ1n) is 9.09. The second kappa shape index (κ2) is 6.86. The molecule has 0 aromatic carbocycles. The molecule has 26 heavy (non-hydrogen) atoms. The molecular weight excluding hydrogens is 326 g/mol. The van der Waals surface area contributed by atoms with Gasteiger partial charge < -0.3 is 4.90 Å². The Kier molecular flexibility index (Phi) is 4.41. The van der Waals surface area contributed by atoms with E-state index >= 15 is 0 Å². The lowest BCUT2D eigenvalue weighted by Crippen LogP contribution is -2.40. The van der Waals surface area contributed by atoms with Crippen LogP contribution in [0.4, 0.5) is 0 Å². The maximum Gasteiger partial charge on any atom is 0.244 e. The molecule has 134 valence electrons. The molecule has 1 fully saturated rings. The molecule has 1 aliphatic heterocycles. The van der Waals surface area contributed by atoms with Crippen molar-refractivity contribution in [3.05, 3.63) is 53.7 Å². The van der Waals surface area contributed by atoms with Gasteiger partial charge in [-0.05, 0) is 51.0 Å². The van der Waals surface area contributed by atoms with Gasteiger partial charge in [-0.25, -0.2) is 0 Å². The van der Waals surface area contributed by atoms with Gasteiger partial charge in [0.05, 0.1) is 11.2 Å². The summed E-state index contributed by atoms with van der Waals surface area (Å²) in [6.45, 7) is 5.79. The van der Waals surface area contributed by atoms with Crippen molar-refractivity contribution in [2.45, 2.75) is 39.2 Å². The summed E-state index contributed by atoms with van der Waals surface area (Å²) in [7, 11) is 0. The average molecular weight is 349 g/mol. The van der Waals surface area contributed by atoms with Crippen LogP contribution in [0.5, 0.6) is 0 Å². The molecule has 0 aliphatic carbocycles. The van der Waals surface area contributed by atoms with Crippen LogP contribution >= 0.6 is 0 Å². The van der Waals surface area contributed by atoms with Crippen molar-refractivity contribution in [3.8, 4) is 0 Å². The van der Waals surface area contributed by atoms with Gasteiger partial charge in [0.25, 0.3) is 0 Å². The van der Waals surface area contributed by atoms with Crippen molar-refractivity contribution in [1.82, 2.24) is 24.6 Å². The third-order valence-electron chi connectivity index (χ3n) is 5.16. The van der Waals surface area contributed by atoms with Crippen LogP contribution in [0.15, 0.2) is 36.7 Å². The Bertz CT molecular complexity index is 940. The molecule has 1 aliphatic rings. The summed E-state index contributed by atoms with van der Waals surface area (Å²) < 4.78 is 1.79. The molecule has 3 aromatic rings.